The Hall–Kier alpha value is -5.09. The van der Waals surface area contributed by atoms with Gasteiger partial charge < -0.3 is 8.83 Å². The topological polar surface area (TPSA) is 44.1 Å². The largest absolute Gasteiger partial charge is 0.455 e. The second kappa shape index (κ2) is 9.74. The van der Waals surface area contributed by atoms with E-state index in [2.05, 4.69) is 111 Å². The molecule has 4 nitrogen and oxygen atoms in total. The molecule has 4 heteroatoms. The molecule has 0 bridgehead atoms. The van der Waals surface area contributed by atoms with Crippen LogP contribution in [0.5, 0.6) is 0 Å². The Labute approximate surface area is 250 Å². The van der Waals surface area contributed by atoms with Gasteiger partial charge >= 0.3 is 0 Å². The lowest BCUT2D eigenvalue weighted by Crippen LogP contribution is -2.08. The van der Waals surface area contributed by atoms with Gasteiger partial charge in [-0.15, -0.1) is 0 Å². The van der Waals surface area contributed by atoms with Crippen molar-refractivity contribution >= 4 is 43.9 Å². The molecule has 0 amide bonds. The summed E-state index contributed by atoms with van der Waals surface area (Å²) in [5.74, 6) is 2.36. The van der Waals surface area contributed by atoms with Crippen molar-refractivity contribution in [1.29, 1.82) is 0 Å². The fourth-order valence-corrected chi connectivity index (χ4v) is 6.50. The summed E-state index contributed by atoms with van der Waals surface area (Å²) < 4.78 is 15.7. The molecule has 5 aromatic carbocycles. The van der Waals surface area contributed by atoms with E-state index in [9.17, 15) is 0 Å². The van der Waals surface area contributed by atoms with E-state index in [0.717, 1.165) is 66.7 Å². The highest BCUT2D eigenvalue weighted by Gasteiger charge is 2.26. The van der Waals surface area contributed by atoms with Crippen molar-refractivity contribution in [2.24, 2.45) is 0 Å². The van der Waals surface area contributed by atoms with Crippen LogP contribution in [-0.4, -0.2) is 9.55 Å². The van der Waals surface area contributed by atoms with E-state index in [-0.39, 0.29) is 0 Å². The first-order valence-electron chi connectivity index (χ1n) is 15.0. The number of para-hydroxylation sites is 4. The maximum atomic E-state index is 6.69. The maximum Gasteiger partial charge on any atom is 0.150 e. The molecule has 0 unspecified atom stereocenters. The van der Waals surface area contributed by atoms with Gasteiger partial charge in [-0.1, -0.05) is 107 Å². The monoisotopic (exact) mass is 560 g/mol. The van der Waals surface area contributed by atoms with Crippen molar-refractivity contribution < 1.29 is 8.83 Å². The molecule has 0 spiro atoms. The highest BCUT2D eigenvalue weighted by molar-refractivity contribution is 6.21. The Morgan fingerprint density at radius 2 is 1.35 bits per heavy atom. The second-order valence-corrected chi connectivity index (χ2v) is 12.0. The second-order valence-electron chi connectivity index (χ2n) is 12.0. The molecule has 0 aliphatic heterocycles. The molecule has 0 saturated carbocycles. The van der Waals surface area contributed by atoms with Crippen molar-refractivity contribution in [2.75, 3.05) is 0 Å². The van der Waals surface area contributed by atoms with Crippen LogP contribution in [0.1, 0.15) is 50.7 Å². The van der Waals surface area contributed by atoms with E-state index in [4.69, 9.17) is 13.8 Å². The molecule has 0 aliphatic rings. The van der Waals surface area contributed by atoms with Crippen molar-refractivity contribution in [3.05, 3.63) is 120 Å². The first kappa shape index (κ1) is 25.6. The van der Waals surface area contributed by atoms with E-state index in [1.54, 1.807) is 0 Å². The smallest absolute Gasteiger partial charge is 0.150 e. The van der Waals surface area contributed by atoms with Crippen molar-refractivity contribution in [2.45, 2.75) is 39.5 Å². The SMILES string of the molecule is CC(C)c1cccc(C(C)C)c1-n1c(-c2cc3cc(-c4ccccc4)oc3c3c2oc2ccccc23)nc2ccccc21. The first-order chi connectivity index (χ1) is 21.0. The predicted octanol–water partition coefficient (Wildman–Crippen LogP) is 11.3. The number of nitrogens with zero attached hydrogens (tertiary/aromatic N) is 2. The van der Waals surface area contributed by atoms with Gasteiger partial charge in [-0.2, -0.15) is 0 Å². The average Bonchev–Trinajstić information content (AvgIpc) is 3.73. The quantitative estimate of drug-likeness (QED) is 0.210. The van der Waals surface area contributed by atoms with E-state index in [1.165, 1.54) is 16.8 Å². The fourth-order valence-electron chi connectivity index (χ4n) is 6.50. The summed E-state index contributed by atoms with van der Waals surface area (Å²) in [5.41, 5.74) is 10.3. The standard InChI is InChI=1S/C39H32N2O2/c1-23(2)27-16-12-17-28(24(3)4)36(27)41-32-19-10-9-18-31(32)40-39(41)30-21-26-22-34(25-13-6-5-7-14-25)43-37(26)35-29-15-8-11-20-33(29)42-38(30)35/h5-24H,1-4H3. The normalized spacial score (nSPS) is 12.1. The van der Waals surface area contributed by atoms with Gasteiger partial charge in [-0.3, -0.25) is 4.57 Å². The minimum absolute atomic E-state index is 0.332. The number of hydrogen-bond donors (Lipinski definition) is 0. The number of imidazole rings is 1. The van der Waals surface area contributed by atoms with Crippen molar-refractivity contribution in [1.82, 2.24) is 9.55 Å². The molecule has 0 N–H and O–H groups in total. The lowest BCUT2D eigenvalue weighted by atomic mass is 9.92. The van der Waals surface area contributed by atoms with Gasteiger partial charge in [-0.25, -0.2) is 4.98 Å². The van der Waals surface area contributed by atoms with Crippen LogP contribution in [0, 0.1) is 0 Å². The molecular formula is C39H32N2O2. The minimum atomic E-state index is 0.332. The maximum absolute atomic E-state index is 6.69. The summed E-state index contributed by atoms with van der Waals surface area (Å²) in [7, 11) is 0. The fraction of sp³-hybridized carbons (Fsp3) is 0.154. The Bertz CT molecular complexity index is 2270. The van der Waals surface area contributed by atoms with E-state index < -0.39 is 0 Å². The summed E-state index contributed by atoms with van der Waals surface area (Å²) in [6.07, 6.45) is 0. The Morgan fingerprint density at radius 1 is 0.651 bits per heavy atom. The molecule has 3 aromatic heterocycles. The van der Waals surface area contributed by atoms with Crippen LogP contribution < -0.4 is 0 Å². The molecule has 0 fully saturated rings. The number of benzene rings is 5. The van der Waals surface area contributed by atoms with E-state index in [1.807, 2.05) is 30.3 Å². The minimum Gasteiger partial charge on any atom is -0.455 e. The molecule has 8 rings (SSSR count). The third-order valence-corrected chi connectivity index (χ3v) is 8.55. The summed E-state index contributed by atoms with van der Waals surface area (Å²) in [5, 5.41) is 3.03. The number of fused-ring (bicyclic) bond motifs is 6. The van der Waals surface area contributed by atoms with Gasteiger partial charge in [-0.05, 0) is 53.3 Å². The van der Waals surface area contributed by atoms with Gasteiger partial charge in [0.25, 0.3) is 0 Å². The summed E-state index contributed by atoms with van der Waals surface area (Å²) in [6.45, 7) is 9.06. The molecular weight excluding hydrogens is 528 g/mol. The van der Waals surface area contributed by atoms with Gasteiger partial charge in [0.15, 0.2) is 0 Å². The number of aromatic nitrogens is 2. The molecule has 8 aromatic rings. The molecule has 3 heterocycles. The molecule has 0 atom stereocenters. The Balaban J connectivity index is 1.53. The molecule has 0 aliphatic carbocycles. The van der Waals surface area contributed by atoms with Gasteiger partial charge in [0.2, 0.25) is 0 Å². The summed E-state index contributed by atoms with van der Waals surface area (Å²) in [4.78, 5) is 5.32. The van der Waals surface area contributed by atoms with Crippen LogP contribution in [-0.2, 0) is 0 Å². The van der Waals surface area contributed by atoms with Gasteiger partial charge in [0, 0.05) is 16.3 Å². The molecule has 0 saturated heterocycles. The van der Waals surface area contributed by atoms with Gasteiger partial charge in [0.1, 0.15) is 28.3 Å². The molecule has 210 valence electrons. The van der Waals surface area contributed by atoms with Gasteiger partial charge in [0.05, 0.1) is 27.7 Å². The lowest BCUT2D eigenvalue weighted by Gasteiger charge is -2.22. The number of rotatable bonds is 5. The number of hydrogen-bond acceptors (Lipinski definition) is 3. The molecule has 43 heavy (non-hydrogen) atoms. The Morgan fingerprint density at radius 3 is 2.12 bits per heavy atom. The van der Waals surface area contributed by atoms with Crippen molar-refractivity contribution in [3.8, 4) is 28.4 Å². The lowest BCUT2D eigenvalue weighted by molar-refractivity contribution is 0.633. The zero-order valence-electron chi connectivity index (χ0n) is 24.8. The van der Waals surface area contributed by atoms with Crippen LogP contribution in [0.25, 0.3) is 72.3 Å². The number of furan rings is 2. The highest BCUT2D eigenvalue weighted by atomic mass is 16.3. The summed E-state index contributed by atoms with van der Waals surface area (Å²) in [6, 6.07) is 37.9. The van der Waals surface area contributed by atoms with E-state index in [0.29, 0.717) is 11.8 Å². The summed E-state index contributed by atoms with van der Waals surface area (Å²) >= 11 is 0. The molecule has 0 radical (unpaired) electrons. The zero-order valence-corrected chi connectivity index (χ0v) is 24.8. The third-order valence-electron chi connectivity index (χ3n) is 8.55. The first-order valence-corrected chi connectivity index (χ1v) is 15.0. The highest BCUT2D eigenvalue weighted by Crippen LogP contribution is 2.45. The third kappa shape index (κ3) is 3.94. The average molecular weight is 561 g/mol. The zero-order chi connectivity index (χ0) is 29.2. The van der Waals surface area contributed by atoms with Crippen LogP contribution in [0.15, 0.2) is 118 Å². The Kier molecular flexibility index (Phi) is 5.80. The van der Waals surface area contributed by atoms with Crippen molar-refractivity contribution in [3.63, 3.8) is 0 Å². The van der Waals surface area contributed by atoms with Crippen LogP contribution in [0.3, 0.4) is 0 Å². The van der Waals surface area contributed by atoms with Crippen LogP contribution >= 0.6 is 0 Å². The van der Waals surface area contributed by atoms with Crippen LogP contribution in [0.2, 0.25) is 0 Å². The predicted molar refractivity (Wildman–Crippen MR) is 177 cm³/mol. The van der Waals surface area contributed by atoms with Crippen LogP contribution in [0.4, 0.5) is 0 Å². The van der Waals surface area contributed by atoms with E-state index >= 15 is 0 Å².